The minimum absolute atomic E-state index is 0.237. The third-order valence-corrected chi connectivity index (χ3v) is 2.52. The van der Waals surface area contributed by atoms with E-state index in [-0.39, 0.29) is 5.69 Å². The summed E-state index contributed by atoms with van der Waals surface area (Å²) in [5.74, 6) is -0.500. The van der Waals surface area contributed by atoms with Crippen molar-refractivity contribution in [1.82, 2.24) is 4.98 Å². The summed E-state index contributed by atoms with van der Waals surface area (Å²) in [5.41, 5.74) is 7.08. The lowest BCUT2D eigenvalue weighted by Gasteiger charge is -1.96. The number of hydrogen-bond acceptors (Lipinski definition) is 3. The molecule has 0 amide bonds. The molecule has 78 valence electrons. The molecule has 0 unspecified atom stereocenters. The highest BCUT2D eigenvalue weighted by atomic mass is 35.5. The van der Waals surface area contributed by atoms with Gasteiger partial charge in [0.05, 0.1) is 17.8 Å². The maximum Gasteiger partial charge on any atom is 0.356 e. The Bertz CT molecular complexity index is 533. The van der Waals surface area contributed by atoms with Gasteiger partial charge in [-0.1, -0.05) is 17.7 Å². The number of nitrogens with one attached hydrogen (secondary N) is 1. The molecule has 3 N–H and O–H groups in total. The van der Waals surface area contributed by atoms with Gasteiger partial charge in [-0.05, 0) is 12.1 Å². The van der Waals surface area contributed by atoms with Crippen molar-refractivity contribution >= 4 is 34.2 Å². The summed E-state index contributed by atoms with van der Waals surface area (Å²) < 4.78 is 4.59. The maximum atomic E-state index is 11.3. The van der Waals surface area contributed by atoms with Crippen LogP contribution in [0.4, 0.5) is 5.69 Å². The molecule has 1 aromatic carbocycles. The molecule has 0 bridgehead atoms. The quantitative estimate of drug-likeness (QED) is 0.730. The molecule has 0 radical (unpaired) electrons. The van der Waals surface area contributed by atoms with Crippen LogP contribution in [0.3, 0.4) is 0 Å². The maximum absolute atomic E-state index is 11.3. The van der Waals surface area contributed by atoms with Crippen LogP contribution >= 0.6 is 11.6 Å². The summed E-state index contributed by atoms with van der Waals surface area (Å²) in [6.45, 7) is 0. The summed E-state index contributed by atoms with van der Waals surface area (Å²) in [7, 11) is 1.30. The number of benzene rings is 1. The highest BCUT2D eigenvalue weighted by Crippen LogP contribution is 2.31. The third-order valence-electron chi connectivity index (χ3n) is 2.20. The zero-order valence-corrected chi connectivity index (χ0v) is 8.76. The lowest BCUT2D eigenvalue weighted by molar-refractivity contribution is 0.0596. The summed E-state index contributed by atoms with van der Waals surface area (Å²) in [4.78, 5) is 14.2. The monoisotopic (exact) mass is 224 g/mol. The number of H-pyrrole nitrogens is 1. The predicted molar refractivity (Wildman–Crippen MR) is 59.1 cm³/mol. The van der Waals surface area contributed by atoms with E-state index in [4.69, 9.17) is 17.3 Å². The van der Waals surface area contributed by atoms with Gasteiger partial charge < -0.3 is 15.5 Å². The van der Waals surface area contributed by atoms with Gasteiger partial charge >= 0.3 is 5.97 Å². The van der Waals surface area contributed by atoms with Crippen molar-refractivity contribution in [1.29, 1.82) is 0 Å². The molecular weight excluding hydrogens is 216 g/mol. The second-order valence-corrected chi connectivity index (χ2v) is 3.47. The van der Waals surface area contributed by atoms with Crippen LogP contribution in [-0.2, 0) is 4.74 Å². The lowest BCUT2D eigenvalue weighted by atomic mass is 10.2. The van der Waals surface area contributed by atoms with Gasteiger partial charge in [0.25, 0.3) is 0 Å². The number of carbonyl (C=O) groups is 1. The van der Waals surface area contributed by atoms with Crippen LogP contribution in [0.1, 0.15) is 10.5 Å². The van der Waals surface area contributed by atoms with E-state index in [0.29, 0.717) is 16.1 Å². The fourth-order valence-corrected chi connectivity index (χ4v) is 1.77. The number of methoxy groups -OCH3 is 1. The van der Waals surface area contributed by atoms with Crippen LogP contribution in [0.2, 0.25) is 5.02 Å². The Morgan fingerprint density at radius 1 is 1.53 bits per heavy atom. The van der Waals surface area contributed by atoms with Gasteiger partial charge in [0.15, 0.2) is 0 Å². The number of aromatic amines is 1. The van der Waals surface area contributed by atoms with Crippen molar-refractivity contribution < 1.29 is 9.53 Å². The Labute approximate surface area is 91.0 Å². The van der Waals surface area contributed by atoms with Crippen LogP contribution in [-0.4, -0.2) is 18.1 Å². The van der Waals surface area contributed by atoms with Gasteiger partial charge in [-0.2, -0.15) is 0 Å². The van der Waals surface area contributed by atoms with E-state index in [1.807, 2.05) is 0 Å². The van der Waals surface area contributed by atoms with Gasteiger partial charge in [0.2, 0.25) is 0 Å². The standard InChI is InChI=1S/C10H9ClN2O2/c1-15-10(14)9-8(12)7-5(11)3-2-4-6(7)13-9/h2-4,13H,12H2,1H3. The Kier molecular flexibility index (Phi) is 2.28. The topological polar surface area (TPSA) is 68.1 Å². The fraction of sp³-hybridized carbons (Fsp3) is 0.100. The molecule has 2 rings (SSSR count). The Balaban J connectivity index is 2.75. The molecule has 2 aromatic rings. The van der Waals surface area contributed by atoms with E-state index in [2.05, 4.69) is 9.72 Å². The number of ether oxygens (including phenoxy) is 1. The predicted octanol–water partition coefficient (Wildman–Crippen LogP) is 2.19. The van der Waals surface area contributed by atoms with E-state index in [1.54, 1.807) is 18.2 Å². The molecule has 0 fully saturated rings. The number of aromatic nitrogens is 1. The zero-order chi connectivity index (χ0) is 11.0. The van der Waals surface area contributed by atoms with E-state index in [0.717, 1.165) is 5.52 Å². The van der Waals surface area contributed by atoms with E-state index in [9.17, 15) is 4.79 Å². The fourth-order valence-electron chi connectivity index (χ4n) is 1.49. The van der Waals surface area contributed by atoms with Gasteiger partial charge in [-0.3, -0.25) is 0 Å². The molecule has 5 heteroatoms. The minimum atomic E-state index is -0.500. The second-order valence-electron chi connectivity index (χ2n) is 3.07. The number of anilines is 1. The van der Waals surface area contributed by atoms with Gasteiger partial charge in [-0.25, -0.2) is 4.79 Å². The molecule has 0 aliphatic carbocycles. The van der Waals surface area contributed by atoms with Crippen LogP contribution in [0, 0.1) is 0 Å². The summed E-state index contributed by atoms with van der Waals surface area (Å²) in [6, 6.07) is 5.29. The van der Waals surface area contributed by atoms with E-state index >= 15 is 0 Å². The zero-order valence-electron chi connectivity index (χ0n) is 8.00. The summed E-state index contributed by atoms with van der Waals surface area (Å²) >= 11 is 5.97. The van der Waals surface area contributed by atoms with Crippen LogP contribution in [0.15, 0.2) is 18.2 Å². The molecule has 4 nitrogen and oxygen atoms in total. The van der Waals surface area contributed by atoms with E-state index in [1.165, 1.54) is 7.11 Å². The number of esters is 1. The molecule has 1 heterocycles. The van der Waals surface area contributed by atoms with Crippen molar-refractivity contribution in [3.63, 3.8) is 0 Å². The first-order valence-electron chi connectivity index (χ1n) is 4.29. The molecule has 0 saturated carbocycles. The normalized spacial score (nSPS) is 10.5. The average Bonchev–Trinajstić information content (AvgIpc) is 2.56. The molecule has 0 spiro atoms. The minimum Gasteiger partial charge on any atom is -0.464 e. The first-order valence-corrected chi connectivity index (χ1v) is 4.67. The SMILES string of the molecule is COC(=O)c1[nH]c2cccc(Cl)c2c1N. The van der Waals surface area contributed by atoms with Crippen molar-refractivity contribution in [2.75, 3.05) is 12.8 Å². The number of halogens is 1. The number of fused-ring (bicyclic) bond motifs is 1. The van der Waals surface area contributed by atoms with Crippen LogP contribution in [0.5, 0.6) is 0 Å². The number of nitrogens with two attached hydrogens (primary N) is 1. The Morgan fingerprint density at radius 3 is 2.87 bits per heavy atom. The second kappa shape index (κ2) is 3.47. The average molecular weight is 225 g/mol. The number of hydrogen-bond donors (Lipinski definition) is 2. The Hall–Kier alpha value is -1.68. The molecule has 0 aliphatic rings. The first-order chi connectivity index (χ1) is 7.15. The largest absolute Gasteiger partial charge is 0.464 e. The van der Waals surface area contributed by atoms with Crippen molar-refractivity contribution in [3.8, 4) is 0 Å². The van der Waals surface area contributed by atoms with Crippen LogP contribution < -0.4 is 5.73 Å². The molecule has 1 aromatic heterocycles. The molecule has 0 aliphatic heterocycles. The van der Waals surface area contributed by atoms with Crippen molar-refractivity contribution in [2.24, 2.45) is 0 Å². The first kappa shape index (κ1) is 9.86. The molecule has 0 atom stereocenters. The smallest absolute Gasteiger partial charge is 0.356 e. The highest BCUT2D eigenvalue weighted by molar-refractivity contribution is 6.37. The van der Waals surface area contributed by atoms with Gasteiger partial charge in [0, 0.05) is 10.9 Å². The van der Waals surface area contributed by atoms with Crippen molar-refractivity contribution in [3.05, 3.63) is 28.9 Å². The summed E-state index contributed by atoms with van der Waals surface area (Å²) in [5, 5.41) is 1.16. The van der Waals surface area contributed by atoms with E-state index < -0.39 is 5.97 Å². The summed E-state index contributed by atoms with van der Waals surface area (Å²) in [6.07, 6.45) is 0. The van der Waals surface area contributed by atoms with Gasteiger partial charge in [0.1, 0.15) is 5.69 Å². The molecular formula is C10H9ClN2O2. The van der Waals surface area contributed by atoms with Crippen LogP contribution in [0.25, 0.3) is 10.9 Å². The highest BCUT2D eigenvalue weighted by Gasteiger charge is 2.17. The number of nitrogen functional groups attached to an aromatic ring is 1. The van der Waals surface area contributed by atoms with Crippen molar-refractivity contribution in [2.45, 2.75) is 0 Å². The lowest BCUT2D eigenvalue weighted by Crippen LogP contribution is -2.04. The van der Waals surface area contributed by atoms with Gasteiger partial charge in [-0.15, -0.1) is 0 Å². The molecule has 15 heavy (non-hydrogen) atoms. The number of rotatable bonds is 1. The third kappa shape index (κ3) is 1.43. The molecule has 0 saturated heterocycles. The Morgan fingerprint density at radius 2 is 2.27 bits per heavy atom. The number of carbonyl (C=O) groups excluding carboxylic acids is 1.